The number of para-hydroxylation sites is 1. The highest BCUT2D eigenvalue weighted by Gasteiger charge is 2.14. The summed E-state index contributed by atoms with van der Waals surface area (Å²) >= 11 is 0. The maximum atomic E-state index is 12.5. The number of nitrogens with one attached hydrogen (secondary N) is 1. The van der Waals surface area contributed by atoms with Gasteiger partial charge in [0.25, 0.3) is 5.91 Å². The van der Waals surface area contributed by atoms with Gasteiger partial charge in [0.2, 0.25) is 0 Å². The topological polar surface area (TPSA) is 46.9 Å². The van der Waals surface area contributed by atoms with Gasteiger partial charge in [-0.1, -0.05) is 18.2 Å². The number of hydrogen-bond acceptors (Lipinski definition) is 2. The Morgan fingerprint density at radius 1 is 1.19 bits per heavy atom. The van der Waals surface area contributed by atoms with Gasteiger partial charge in [0.15, 0.2) is 0 Å². The fourth-order valence-electron chi connectivity index (χ4n) is 2.61. The van der Waals surface area contributed by atoms with E-state index in [1.165, 1.54) is 0 Å². The molecule has 0 aliphatic rings. The van der Waals surface area contributed by atoms with Crippen LogP contribution < -0.4 is 5.32 Å². The minimum atomic E-state index is -0.135. The number of anilines is 1. The summed E-state index contributed by atoms with van der Waals surface area (Å²) in [5.41, 5.74) is 3.67. The zero-order valence-corrected chi connectivity index (χ0v) is 12.3. The van der Waals surface area contributed by atoms with Crippen LogP contribution in [0.5, 0.6) is 0 Å². The molecule has 0 radical (unpaired) electrons. The maximum absolute atomic E-state index is 12.5. The molecular weight excluding hydrogens is 262 g/mol. The Bertz CT molecular complexity index is 813. The van der Waals surface area contributed by atoms with Crippen LogP contribution in [0.25, 0.3) is 10.9 Å². The van der Waals surface area contributed by atoms with E-state index in [9.17, 15) is 4.79 Å². The quantitative estimate of drug-likeness (QED) is 0.781. The van der Waals surface area contributed by atoms with E-state index >= 15 is 0 Å². The van der Waals surface area contributed by atoms with E-state index in [-0.39, 0.29) is 5.91 Å². The predicted octanol–water partition coefficient (Wildman–Crippen LogP) is 3.44. The molecule has 21 heavy (non-hydrogen) atoms. The average molecular weight is 279 g/mol. The number of aromatic nitrogens is 2. The van der Waals surface area contributed by atoms with Crippen LogP contribution in [0.15, 0.2) is 42.6 Å². The van der Waals surface area contributed by atoms with E-state index < -0.39 is 0 Å². The van der Waals surface area contributed by atoms with Gasteiger partial charge in [-0.3, -0.25) is 4.79 Å². The second kappa shape index (κ2) is 5.05. The Hall–Kier alpha value is -2.62. The standard InChI is InChI=1S/C17H17N3O/c1-11-8-12(2)18-16(9-11)19-17(21)14-10-20(3)15-7-5-4-6-13(14)15/h4-10H,1-3H3,(H,18,19,21). The Balaban J connectivity index is 1.97. The van der Waals surface area contributed by atoms with Crippen LogP contribution in [-0.4, -0.2) is 15.5 Å². The summed E-state index contributed by atoms with van der Waals surface area (Å²) in [5.74, 6) is 0.453. The molecule has 0 spiro atoms. The highest BCUT2D eigenvalue weighted by Crippen LogP contribution is 2.21. The molecule has 0 fully saturated rings. The molecule has 0 saturated heterocycles. The Morgan fingerprint density at radius 2 is 1.95 bits per heavy atom. The molecule has 2 heterocycles. The molecule has 4 nitrogen and oxygen atoms in total. The number of amides is 1. The first kappa shape index (κ1) is 13.4. The molecule has 0 aliphatic carbocycles. The highest BCUT2D eigenvalue weighted by atomic mass is 16.1. The van der Waals surface area contributed by atoms with Gasteiger partial charge < -0.3 is 9.88 Å². The number of hydrogen-bond donors (Lipinski definition) is 1. The lowest BCUT2D eigenvalue weighted by Crippen LogP contribution is -2.13. The maximum Gasteiger partial charge on any atom is 0.258 e. The first-order valence-electron chi connectivity index (χ1n) is 6.85. The molecular formula is C17H17N3O. The van der Waals surface area contributed by atoms with Crippen molar-refractivity contribution in [2.45, 2.75) is 13.8 Å². The molecule has 0 saturated carbocycles. The van der Waals surface area contributed by atoms with Gasteiger partial charge in [0.1, 0.15) is 5.82 Å². The van der Waals surface area contributed by atoms with Crippen LogP contribution in [0.3, 0.4) is 0 Å². The highest BCUT2D eigenvalue weighted by molar-refractivity contribution is 6.12. The zero-order valence-electron chi connectivity index (χ0n) is 12.3. The minimum Gasteiger partial charge on any atom is -0.350 e. The van der Waals surface area contributed by atoms with Crippen molar-refractivity contribution in [3.05, 3.63) is 59.4 Å². The van der Waals surface area contributed by atoms with Crippen LogP contribution in [-0.2, 0) is 7.05 Å². The second-order valence-corrected chi connectivity index (χ2v) is 5.30. The number of aryl methyl sites for hydroxylation is 3. The normalized spacial score (nSPS) is 10.8. The number of nitrogens with zero attached hydrogens (tertiary/aromatic N) is 2. The fourth-order valence-corrected chi connectivity index (χ4v) is 2.61. The van der Waals surface area contributed by atoms with Gasteiger partial charge in [-0.15, -0.1) is 0 Å². The van der Waals surface area contributed by atoms with Crippen molar-refractivity contribution in [2.24, 2.45) is 7.05 Å². The molecule has 2 aromatic heterocycles. The van der Waals surface area contributed by atoms with Crippen LogP contribution >= 0.6 is 0 Å². The lowest BCUT2D eigenvalue weighted by molar-refractivity contribution is 0.102. The lowest BCUT2D eigenvalue weighted by atomic mass is 10.1. The molecule has 3 aromatic rings. The fraction of sp³-hybridized carbons (Fsp3) is 0.176. The summed E-state index contributed by atoms with van der Waals surface area (Å²) in [4.78, 5) is 16.8. The third kappa shape index (κ3) is 2.52. The van der Waals surface area contributed by atoms with Crippen molar-refractivity contribution in [3.8, 4) is 0 Å². The van der Waals surface area contributed by atoms with Gasteiger partial charge in [0, 0.05) is 29.8 Å². The summed E-state index contributed by atoms with van der Waals surface area (Å²) in [7, 11) is 1.94. The summed E-state index contributed by atoms with van der Waals surface area (Å²) < 4.78 is 1.96. The van der Waals surface area contributed by atoms with Gasteiger partial charge >= 0.3 is 0 Å². The Morgan fingerprint density at radius 3 is 2.71 bits per heavy atom. The molecule has 0 unspecified atom stereocenters. The van der Waals surface area contributed by atoms with Crippen molar-refractivity contribution < 1.29 is 4.79 Å². The number of fused-ring (bicyclic) bond motifs is 1. The number of carbonyl (C=O) groups excluding carboxylic acids is 1. The van der Waals surface area contributed by atoms with Gasteiger partial charge in [-0.2, -0.15) is 0 Å². The van der Waals surface area contributed by atoms with Gasteiger partial charge in [-0.05, 0) is 37.6 Å². The lowest BCUT2D eigenvalue weighted by Gasteiger charge is -2.06. The summed E-state index contributed by atoms with van der Waals surface area (Å²) in [6, 6.07) is 11.7. The van der Waals surface area contributed by atoms with Crippen LogP contribution in [0.4, 0.5) is 5.82 Å². The van der Waals surface area contributed by atoms with E-state index in [2.05, 4.69) is 10.3 Å². The molecule has 0 aliphatic heterocycles. The van der Waals surface area contributed by atoms with Gasteiger partial charge in [-0.25, -0.2) is 4.98 Å². The summed E-state index contributed by atoms with van der Waals surface area (Å²) in [6.07, 6.45) is 1.85. The molecule has 0 atom stereocenters. The first-order valence-corrected chi connectivity index (χ1v) is 6.85. The van der Waals surface area contributed by atoms with E-state index in [1.54, 1.807) is 0 Å². The van der Waals surface area contributed by atoms with Gasteiger partial charge in [0.05, 0.1) is 5.56 Å². The van der Waals surface area contributed by atoms with Crippen molar-refractivity contribution in [1.82, 2.24) is 9.55 Å². The molecule has 1 aromatic carbocycles. The number of benzene rings is 1. The van der Waals surface area contributed by atoms with E-state index in [4.69, 9.17) is 0 Å². The summed E-state index contributed by atoms with van der Waals surface area (Å²) in [5, 5.41) is 3.83. The van der Waals surface area contributed by atoms with Crippen LogP contribution in [0.2, 0.25) is 0 Å². The molecule has 4 heteroatoms. The van der Waals surface area contributed by atoms with Crippen LogP contribution in [0, 0.1) is 13.8 Å². The predicted molar refractivity (Wildman–Crippen MR) is 84.6 cm³/mol. The molecule has 1 amide bonds. The zero-order chi connectivity index (χ0) is 15.0. The first-order chi connectivity index (χ1) is 10.0. The monoisotopic (exact) mass is 279 g/mol. The van der Waals surface area contributed by atoms with E-state index in [1.807, 2.05) is 68.1 Å². The van der Waals surface area contributed by atoms with Crippen LogP contribution in [0.1, 0.15) is 21.6 Å². The number of pyridine rings is 1. The molecule has 0 bridgehead atoms. The SMILES string of the molecule is Cc1cc(C)nc(NC(=O)c2cn(C)c3ccccc23)c1. The Labute approximate surface area is 123 Å². The average Bonchev–Trinajstić information content (AvgIpc) is 2.76. The third-order valence-electron chi connectivity index (χ3n) is 3.48. The smallest absolute Gasteiger partial charge is 0.258 e. The van der Waals surface area contributed by atoms with Crippen molar-refractivity contribution in [2.75, 3.05) is 5.32 Å². The second-order valence-electron chi connectivity index (χ2n) is 5.30. The molecule has 106 valence electrons. The van der Waals surface area contributed by atoms with Crippen molar-refractivity contribution >= 4 is 22.6 Å². The minimum absolute atomic E-state index is 0.135. The van der Waals surface area contributed by atoms with E-state index in [0.717, 1.165) is 22.2 Å². The summed E-state index contributed by atoms with van der Waals surface area (Å²) in [6.45, 7) is 3.91. The third-order valence-corrected chi connectivity index (χ3v) is 3.48. The van der Waals surface area contributed by atoms with Crippen molar-refractivity contribution in [1.29, 1.82) is 0 Å². The Kier molecular flexibility index (Phi) is 3.22. The van der Waals surface area contributed by atoms with Crippen molar-refractivity contribution in [3.63, 3.8) is 0 Å². The molecule has 1 N–H and O–H groups in total. The van der Waals surface area contributed by atoms with E-state index in [0.29, 0.717) is 11.4 Å². The molecule has 3 rings (SSSR count). The number of carbonyl (C=O) groups is 1. The largest absolute Gasteiger partial charge is 0.350 e. The number of rotatable bonds is 2.